The van der Waals surface area contributed by atoms with Crippen LogP contribution in [0.5, 0.6) is 0 Å². The number of halogens is 1. The smallest absolute Gasteiger partial charge is 0.251 e. The van der Waals surface area contributed by atoms with Crippen molar-refractivity contribution in [2.24, 2.45) is 11.1 Å². The molecule has 0 radical (unpaired) electrons. The second-order valence-corrected chi connectivity index (χ2v) is 7.54. The molecule has 1 aliphatic rings. The number of primary sulfonamides is 1. The molecule has 0 spiro atoms. The Hall–Kier alpha value is -0.920. The standard InChI is InChI=1S/C13H17BrN2O3S/c14-11-6-10(7-12(8-11)20(15,18)19)13(17)16-5-1-2-9-3-4-9/h6-9H,1-5H2,(H,16,17)(H2,15,18,19). The van der Waals surface area contributed by atoms with Crippen molar-refractivity contribution in [2.75, 3.05) is 6.54 Å². The predicted octanol–water partition coefficient (Wildman–Crippen LogP) is 2.02. The van der Waals surface area contributed by atoms with E-state index in [-0.39, 0.29) is 16.4 Å². The average Bonchev–Trinajstić information content (AvgIpc) is 3.16. The Labute approximate surface area is 127 Å². The van der Waals surface area contributed by atoms with E-state index in [0.29, 0.717) is 11.0 Å². The van der Waals surface area contributed by atoms with Crippen molar-refractivity contribution in [3.8, 4) is 0 Å². The third-order valence-electron chi connectivity index (χ3n) is 3.23. The summed E-state index contributed by atoms with van der Waals surface area (Å²) in [6.07, 6.45) is 4.70. The summed E-state index contributed by atoms with van der Waals surface area (Å²) in [5.41, 5.74) is 0.287. The van der Waals surface area contributed by atoms with Crippen molar-refractivity contribution in [1.82, 2.24) is 5.32 Å². The van der Waals surface area contributed by atoms with Crippen molar-refractivity contribution >= 4 is 31.9 Å². The summed E-state index contributed by atoms with van der Waals surface area (Å²) in [6, 6.07) is 4.24. The predicted molar refractivity (Wildman–Crippen MR) is 79.8 cm³/mol. The quantitative estimate of drug-likeness (QED) is 0.760. The molecule has 2 rings (SSSR count). The molecule has 1 fully saturated rings. The van der Waals surface area contributed by atoms with Crippen molar-refractivity contribution < 1.29 is 13.2 Å². The molecule has 0 saturated heterocycles. The first-order valence-electron chi connectivity index (χ1n) is 6.48. The van der Waals surface area contributed by atoms with E-state index in [4.69, 9.17) is 5.14 Å². The lowest BCUT2D eigenvalue weighted by molar-refractivity contribution is 0.0952. The maximum atomic E-state index is 12.0. The molecule has 1 aromatic carbocycles. The molecule has 0 atom stereocenters. The Bertz CT molecular complexity index is 612. The minimum Gasteiger partial charge on any atom is -0.352 e. The van der Waals surface area contributed by atoms with Crippen LogP contribution in [-0.2, 0) is 10.0 Å². The number of benzene rings is 1. The fourth-order valence-electron chi connectivity index (χ4n) is 1.96. The normalized spacial score (nSPS) is 15.1. The number of nitrogens with two attached hydrogens (primary N) is 1. The summed E-state index contributed by atoms with van der Waals surface area (Å²) in [5, 5.41) is 7.87. The lowest BCUT2D eigenvalue weighted by Gasteiger charge is -2.07. The van der Waals surface area contributed by atoms with Gasteiger partial charge in [0.15, 0.2) is 0 Å². The Kier molecular flexibility index (Phi) is 4.82. The second-order valence-electron chi connectivity index (χ2n) is 5.06. The molecule has 5 nitrogen and oxygen atoms in total. The van der Waals surface area contributed by atoms with E-state index in [9.17, 15) is 13.2 Å². The van der Waals surface area contributed by atoms with Gasteiger partial charge in [-0.2, -0.15) is 0 Å². The van der Waals surface area contributed by atoms with Crippen LogP contribution in [0.4, 0.5) is 0 Å². The van der Waals surface area contributed by atoms with Crippen LogP contribution in [0, 0.1) is 5.92 Å². The molecule has 1 aliphatic carbocycles. The highest BCUT2D eigenvalue weighted by Crippen LogP contribution is 2.33. The third-order valence-corrected chi connectivity index (χ3v) is 4.58. The van der Waals surface area contributed by atoms with Gasteiger partial charge in [0.25, 0.3) is 5.91 Å². The molecule has 110 valence electrons. The molecule has 7 heteroatoms. The third kappa shape index (κ3) is 4.57. The molecule has 0 aromatic heterocycles. The van der Waals surface area contributed by atoms with Gasteiger partial charge in [-0.05, 0) is 37.0 Å². The number of hydrogen-bond acceptors (Lipinski definition) is 3. The van der Waals surface area contributed by atoms with Gasteiger partial charge < -0.3 is 5.32 Å². The Balaban J connectivity index is 1.99. The number of rotatable bonds is 6. The molecule has 0 aliphatic heterocycles. The molecule has 0 heterocycles. The Morgan fingerprint density at radius 2 is 2.05 bits per heavy atom. The first-order chi connectivity index (χ1) is 9.36. The zero-order valence-corrected chi connectivity index (χ0v) is 13.3. The largest absolute Gasteiger partial charge is 0.352 e. The highest BCUT2D eigenvalue weighted by Gasteiger charge is 2.20. The molecule has 0 bridgehead atoms. The van der Waals surface area contributed by atoms with Crippen molar-refractivity contribution in [1.29, 1.82) is 0 Å². The zero-order valence-electron chi connectivity index (χ0n) is 10.9. The van der Waals surface area contributed by atoms with Crippen LogP contribution >= 0.6 is 15.9 Å². The van der Waals surface area contributed by atoms with Crippen LogP contribution < -0.4 is 10.5 Å². The number of sulfonamides is 1. The topological polar surface area (TPSA) is 89.3 Å². The lowest BCUT2D eigenvalue weighted by Crippen LogP contribution is -2.25. The van der Waals surface area contributed by atoms with Crippen LogP contribution in [0.1, 0.15) is 36.0 Å². The van der Waals surface area contributed by atoms with E-state index in [0.717, 1.165) is 18.8 Å². The number of hydrogen-bond donors (Lipinski definition) is 2. The van der Waals surface area contributed by atoms with Crippen LogP contribution in [-0.4, -0.2) is 20.9 Å². The highest BCUT2D eigenvalue weighted by molar-refractivity contribution is 9.10. The van der Waals surface area contributed by atoms with Gasteiger partial charge >= 0.3 is 0 Å². The summed E-state index contributed by atoms with van der Waals surface area (Å²) in [6.45, 7) is 0.604. The van der Waals surface area contributed by atoms with Crippen LogP contribution in [0.2, 0.25) is 0 Å². The average molecular weight is 361 g/mol. The number of carbonyl (C=O) groups excluding carboxylic acids is 1. The van der Waals surface area contributed by atoms with Gasteiger partial charge in [0, 0.05) is 16.6 Å². The Morgan fingerprint density at radius 1 is 1.35 bits per heavy atom. The zero-order chi connectivity index (χ0) is 14.8. The molecule has 1 saturated carbocycles. The van der Waals surface area contributed by atoms with E-state index in [1.807, 2.05) is 0 Å². The minimum atomic E-state index is -3.82. The second kappa shape index (κ2) is 6.24. The van der Waals surface area contributed by atoms with Crippen LogP contribution in [0.3, 0.4) is 0 Å². The van der Waals surface area contributed by atoms with Gasteiger partial charge in [-0.25, -0.2) is 13.6 Å². The monoisotopic (exact) mass is 360 g/mol. The maximum absolute atomic E-state index is 12.0. The molecule has 0 unspecified atom stereocenters. The van der Waals surface area contributed by atoms with Gasteiger partial charge in [0.2, 0.25) is 10.0 Å². The summed E-state index contributed by atoms with van der Waals surface area (Å²) in [5.74, 6) is 0.554. The first kappa shape index (κ1) is 15.5. The molecule has 3 N–H and O–H groups in total. The number of amides is 1. The number of carbonyl (C=O) groups is 1. The van der Waals surface area contributed by atoms with Crippen molar-refractivity contribution in [3.05, 3.63) is 28.2 Å². The van der Waals surface area contributed by atoms with Gasteiger partial charge in [0.05, 0.1) is 4.90 Å². The van der Waals surface area contributed by atoms with Crippen LogP contribution in [0.15, 0.2) is 27.6 Å². The SMILES string of the molecule is NS(=O)(=O)c1cc(Br)cc(C(=O)NCCCC2CC2)c1. The first-order valence-corrected chi connectivity index (χ1v) is 8.82. The number of nitrogens with one attached hydrogen (secondary N) is 1. The van der Waals surface area contributed by atoms with E-state index < -0.39 is 10.0 Å². The van der Waals surface area contributed by atoms with E-state index in [2.05, 4.69) is 21.2 Å². The molecule has 1 amide bonds. The molecule has 1 aromatic rings. The summed E-state index contributed by atoms with van der Waals surface area (Å²) >= 11 is 3.18. The molecule has 20 heavy (non-hydrogen) atoms. The van der Waals surface area contributed by atoms with E-state index >= 15 is 0 Å². The molecular formula is C13H17BrN2O3S. The Morgan fingerprint density at radius 3 is 2.65 bits per heavy atom. The lowest BCUT2D eigenvalue weighted by atomic mass is 10.2. The van der Waals surface area contributed by atoms with Gasteiger partial charge in [-0.1, -0.05) is 28.8 Å². The summed E-state index contributed by atoms with van der Waals surface area (Å²) in [7, 11) is -3.82. The van der Waals surface area contributed by atoms with Gasteiger partial charge in [-0.3, -0.25) is 4.79 Å². The summed E-state index contributed by atoms with van der Waals surface area (Å²) in [4.78, 5) is 11.9. The van der Waals surface area contributed by atoms with E-state index in [1.54, 1.807) is 6.07 Å². The summed E-state index contributed by atoms with van der Waals surface area (Å²) < 4.78 is 23.2. The van der Waals surface area contributed by atoms with Gasteiger partial charge in [0.1, 0.15) is 0 Å². The minimum absolute atomic E-state index is 0.0741. The maximum Gasteiger partial charge on any atom is 0.251 e. The van der Waals surface area contributed by atoms with Crippen molar-refractivity contribution in [3.63, 3.8) is 0 Å². The van der Waals surface area contributed by atoms with E-state index in [1.165, 1.54) is 25.0 Å². The fourth-order valence-corrected chi connectivity index (χ4v) is 3.19. The van der Waals surface area contributed by atoms with Crippen LogP contribution in [0.25, 0.3) is 0 Å². The molecular weight excluding hydrogens is 344 g/mol. The van der Waals surface area contributed by atoms with Gasteiger partial charge in [-0.15, -0.1) is 0 Å². The van der Waals surface area contributed by atoms with Crippen molar-refractivity contribution in [2.45, 2.75) is 30.6 Å². The highest BCUT2D eigenvalue weighted by atomic mass is 79.9. The fraction of sp³-hybridized carbons (Fsp3) is 0.462.